The number of hydrogen-bond acceptors (Lipinski definition) is 2. The highest BCUT2D eigenvalue weighted by atomic mass is 79.9. The molecule has 3 heteroatoms. The zero-order valence-electron chi connectivity index (χ0n) is 8.41. The van der Waals surface area contributed by atoms with Gasteiger partial charge in [-0.15, -0.1) is 11.3 Å². The summed E-state index contributed by atoms with van der Waals surface area (Å²) in [5, 5.41) is 2.08. The summed E-state index contributed by atoms with van der Waals surface area (Å²) in [6.45, 7) is 2.01. The Labute approximate surface area is 102 Å². The quantitative estimate of drug-likeness (QED) is 0.877. The summed E-state index contributed by atoms with van der Waals surface area (Å²) >= 11 is 5.29. The van der Waals surface area contributed by atoms with Gasteiger partial charge in [0.2, 0.25) is 0 Å². The van der Waals surface area contributed by atoms with Crippen molar-refractivity contribution in [2.24, 2.45) is 5.73 Å². The summed E-state index contributed by atoms with van der Waals surface area (Å²) in [4.78, 5) is 1.25. The standard InChI is InChI=1S/C12H12BrNS/c1-8(14)9-4-2-3-5-10(9)12-11(13)6-7-15-12/h2-8H,14H2,1H3. The largest absolute Gasteiger partial charge is 0.324 e. The molecule has 1 aromatic heterocycles. The van der Waals surface area contributed by atoms with Crippen LogP contribution < -0.4 is 5.73 Å². The Bertz CT molecular complexity index is 462. The van der Waals surface area contributed by atoms with Gasteiger partial charge in [0.15, 0.2) is 0 Å². The number of benzene rings is 1. The molecule has 15 heavy (non-hydrogen) atoms. The van der Waals surface area contributed by atoms with Crippen LogP contribution >= 0.6 is 27.3 Å². The number of hydrogen-bond donors (Lipinski definition) is 1. The molecule has 0 radical (unpaired) electrons. The van der Waals surface area contributed by atoms with E-state index in [1.54, 1.807) is 11.3 Å². The Kier molecular flexibility index (Phi) is 3.24. The molecule has 0 aliphatic heterocycles. The Morgan fingerprint density at radius 2 is 2.00 bits per heavy atom. The number of halogens is 1. The van der Waals surface area contributed by atoms with Crippen LogP contribution in [0.1, 0.15) is 18.5 Å². The monoisotopic (exact) mass is 281 g/mol. The first-order valence-corrected chi connectivity index (χ1v) is 6.45. The summed E-state index contributed by atoms with van der Waals surface area (Å²) in [5.74, 6) is 0. The van der Waals surface area contributed by atoms with Crippen LogP contribution in [0.25, 0.3) is 10.4 Å². The van der Waals surface area contributed by atoms with Gasteiger partial charge in [-0.2, -0.15) is 0 Å². The third kappa shape index (κ3) is 2.14. The normalized spacial score (nSPS) is 12.7. The summed E-state index contributed by atoms with van der Waals surface area (Å²) in [7, 11) is 0. The van der Waals surface area contributed by atoms with Crippen molar-refractivity contribution in [1.29, 1.82) is 0 Å². The predicted molar refractivity (Wildman–Crippen MR) is 70.1 cm³/mol. The first-order chi connectivity index (χ1) is 7.20. The Hall–Kier alpha value is -0.640. The van der Waals surface area contributed by atoms with E-state index < -0.39 is 0 Å². The molecule has 0 fully saturated rings. The molecular weight excluding hydrogens is 270 g/mol. The van der Waals surface area contributed by atoms with Crippen LogP contribution in [0, 0.1) is 0 Å². The molecule has 0 spiro atoms. The van der Waals surface area contributed by atoms with Gasteiger partial charge < -0.3 is 5.73 Å². The lowest BCUT2D eigenvalue weighted by atomic mass is 10.0. The van der Waals surface area contributed by atoms with Crippen molar-refractivity contribution in [3.63, 3.8) is 0 Å². The molecule has 0 aliphatic rings. The molecule has 2 rings (SSSR count). The maximum Gasteiger partial charge on any atom is 0.0488 e. The fraction of sp³-hybridized carbons (Fsp3) is 0.167. The lowest BCUT2D eigenvalue weighted by Crippen LogP contribution is -2.06. The van der Waals surface area contributed by atoms with Crippen LogP contribution in [-0.2, 0) is 0 Å². The second-order valence-electron chi connectivity index (χ2n) is 3.47. The molecule has 1 nitrogen and oxygen atoms in total. The molecule has 2 aromatic rings. The van der Waals surface area contributed by atoms with Crippen molar-refractivity contribution in [3.05, 3.63) is 45.7 Å². The van der Waals surface area contributed by atoms with Gasteiger partial charge in [-0.1, -0.05) is 24.3 Å². The summed E-state index contributed by atoms with van der Waals surface area (Å²) < 4.78 is 1.14. The van der Waals surface area contributed by atoms with E-state index in [1.165, 1.54) is 16.0 Å². The van der Waals surface area contributed by atoms with E-state index >= 15 is 0 Å². The smallest absolute Gasteiger partial charge is 0.0488 e. The fourth-order valence-electron chi connectivity index (χ4n) is 1.59. The minimum atomic E-state index is 0.0650. The topological polar surface area (TPSA) is 26.0 Å². The van der Waals surface area contributed by atoms with Gasteiger partial charge in [-0.25, -0.2) is 0 Å². The van der Waals surface area contributed by atoms with Gasteiger partial charge in [-0.05, 0) is 45.4 Å². The second kappa shape index (κ2) is 4.47. The Morgan fingerprint density at radius 1 is 1.27 bits per heavy atom. The van der Waals surface area contributed by atoms with E-state index in [1.807, 2.05) is 19.1 Å². The van der Waals surface area contributed by atoms with E-state index in [0.717, 1.165) is 4.47 Å². The minimum Gasteiger partial charge on any atom is -0.324 e. The molecule has 1 heterocycles. The van der Waals surface area contributed by atoms with Crippen LogP contribution in [0.3, 0.4) is 0 Å². The molecule has 0 bridgehead atoms. The van der Waals surface area contributed by atoms with Gasteiger partial charge in [0.1, 0.15) is 0 Å². The zero-order chi connectivity index (χ0) is 10.8. The van der Waals surface area contributed by atoms with Crippen molar-refractivity contribution in [2.75, 3.05) is 0 Å². The van der Waals surface area contributed by atoms with E-state index in [0.29, 0.717) is 0 Å². The molecule has 1 atom stereocenters. The molecule has 0 saturated heterocycles. The molecule has 0 amide bonds. The van der Waals surface area contributed by atoms with E-state index in [9.17, 15) is 0 Å². The van der Waals surface area contributed by atoms with E-state index in [4.69, 9.17) is 5.73 Å². The molecular formula is C12H12BrNS. The van der Waals surface area contributed by atoms with Crippen molar-refractivity contribution >= 4 is 27.3 Å². The van der Waals surface area contributed by atoms with Crippen LogP contribution in [-0.4, -0.2) is 0 Å². The van der Waals surface area contributed by atoms with Crippen LogP contribution in [0.4, 0.5) is 0 Å². The van der Waals surface area contributed by atoms with Crippen LogP contribution in [0.15, 0.2) is 40.2 Å². The van der Waals surface area contributed by atoms with Gasteiger partial charge in [0, 0.05) is 15.4 Å². The first-order valence-electron chi connectivity index (χ1n) is 4.78. The lowest BCUT2D eigenvalue weighted by Gasteiger charge is -2.11. The maximum absolute atomic E-state index is 5.96. The highest BCUT2D eigenvalue weighted by Gasteiger charge is 2.11. The fourth-order valence-corrected chi connectivity index (χ4v) is 3.22. The predicted octanol–water partition coefficient (Wildman–Crippen LogP) is 4.20. The SMILES string of the molecule is CC(N)c1ccccc1-c1sccc1Br. The number of thiophene rings is 1. The molecule has 78 valence electrons. The lowest BCUT2D eigenvalue weighted by molar-refractivity contribution is 0.821. The minimum absolute atomic E-state index is 0.0650. The van der Waals surface area contributed by atoms with Crippen LogP contribution in [0.5, 0.6) is 0 Å². The van der Waals surface area contributed by atoms with E-state index in [-0.39, 0.29) is 6.04 Å². The first kappa shape index (κ1) is 10.9. The van der Waals surface area contributed by atoms with Gasteiger partial charge in [-0.3, -0.25) is 0 Å². The van der Waals surface area contributed by atoms with Gasteiger partial charge in [0.25, 0.3) is 0 Å². The highest BCUT2D eigenvalue weighted by Crippen LogP contribution is 2.36. The number of nitrogens with two attached hydrogens (primary N) is 1. The third-order valence-corrected chi connectivity index (χ3v) is 4.18. The average molecular weight is 282 g/mol. The highest BCUT2D eigenvalue weighted by molar-refractivity contribution is 9.10. The zero-order valence-corrected chi connectivity index (χ0v) is 10.8. The molecule has 2 N–H and O–H groups in total. The average Bonchev–Trinajstić information content (AvgIpc) is 2.64. The van der Waals surface area contributed by atoms with Crippen molar-refractivity contribution in [3.8, 4) is 10.4 Å². The summed E-state index contributed by atoms with van der Waals surface area (Å²) in [6.07, 6.45) is 0. The molecule has 0 saturated carbocycles. The van der Waals surface area contributed by atoms with Gasteiger partial charge in [0.05, 0.1) is 0 Å². The van der Waals surface area contributed by atoms with Gasteiger partial charge >= 0.3 is 0 Å². The summed E-state index contributed by atoms with van der Waals surface area (Å²) in [6, 6.07) is 10.4. The van der Waals surface area contributed by atoms with E-state index in [2.05, 4.69) is 39.5 Å². The second-order valence-corrected chi connectivity index (χ2v) is 5.24. The summed E-state index contributed by atoms with van der Waals surface area (Å²) in [5.41, 5.74) is 8.39. The van der Waals surface area contributed by atoms with Crippen molar-refractivity contribution < 1.29 is 0 Å². The third-order valence-electron chi connectivity index (χ3n) is 2.31. The Morgan fingerprint density at radius 3 is 2.60 bits per heavy atom. The number of rotatable bonds is 2. The Balaban J connectivity index is 2.58. The van der Waals surface area contributed by atoms with Crippen molar-refractivity contribution in [2.45, 2.75) is 13.0 Å². The molecule has 1 aromatic carbocycles. The maximum atomic E-state index is 5.96. The van der Waals surface area contributed by atoms with Crippen LogP contribution in [0.2, 0.25) is 0 Å². The molecule has 0 aliphatic carbocycles. The van der Waals surface area contributed by atoms with Crippen molar-refractivity contribution in [1.82, 2.24) is 0 Å². The molecule has 1 unspecified atom stereocenters.